The second-order valence-electron chi connectivity index (χ2n) is 5.60. The minimum atomic E-state index is -6.48. The Balaban J connectivity index is 2.85. The zero-order valence-electron chi connectivity index (χ0n) is 12.5. The van der Waals surface area contributed by atoms with E-state index < -0.39 is 60.9 Å². The highest BCUT2D eigenvalue weighted by molar-refractivity contribution is 5.66. The molecule has 0 aromatic heterocycles. The van der Waals surface area contributed by atoms with Crippen LogP contribution in [0, 0.1) is 0 Å². The highest BCUT2D eigenvalue weighted by atomic mass is 19.4. The molecule has 0 saturated heterocycles. The van der Waals surface area contributed by atoms with Gasteiger partial charge < -0.3 is 5.11 Å². The van der Waals surface area contributed by atoms with E-state index in [1.807, 2.05) is 0 Å². The fraction of sp³-hybridized carbons (Fsp3) is 0.917. The lowest BCUT2D eigenvalue weighted by molar-refractivity contribution is -0.571. The van der Waals surface area contributed by atoms with Crippen LogP contribution in [0.15, 0.2) is 0 Å². The number of alkyl halides is 11. The van der Waals surface area contributed by atoms with Crippen LogP contribution in [0.3, 0.4) is 0 Å². The van der Waals surface area contributed by atoms with Crippen LogP contribution in [0.1, 0.15) is 32.1 Å². The minimum absolute atomic E-state index is 0.229. The molecule has 0 aliphatic heterocycles. The van der Waals surface area contributed by atoms with E-state index in [0.29, 0.717) is 0 Å². The zero-order chi connectivity index (χ0) is 20.8. The van der Waals surface area contributed by atoms with Gasteiger partial charge in [0.1, 0.15) is 0 Å². The third kappa shape index (κ3) is 3.09. The summed E-state index contributed by atoms with van der Waals surface area (Å²) in [6.07, 6.45) is -10.1. The van der Waals surface area contributed by atoms with E-state index in [-0.39, 0.29) is 12.8 Å². The van der Waals surface area contributed by atoms with Crippen LogP contribution in [0.4, 0.5) is 48.3 Å². The van der Waals surface area contributed by atoms with Crippen LogP contribution in [-0.2, 0) is 9.53 Å². The lowest BCUT2D eigenvalue weighted by atomic mass is 9.78. The number of carboxylic acids is 1. The van der Waals surface area contributed by atoms with Crippen molar-refractivity contribution in [3.63, 3.8) is 0 Å². The van der Waals surface area contributed by atoms with Gasteiger partial charge >= 0.3 is 41.6 Å². The molecule has 1 fully saturated rings. The van der Waals surface area contributed by atoms with Gasteiger partial charge in [0.05, 0.1) is 0 Å². The van der Waals surface area contributed by atoms with Gasteiger partial charge in [0.15, 0.2) is 0 Å². The summed E-state index contributed by atoms with van der Waals surface area (Å²) < 4.78 is 145. The topological polar surface area (TPSA) is 46.5 Å². The van der Waals surface area contributed by atoms with Gasteiger partial charge in [-0.1, -0.05) is 6.42 Å². The SMILES string of the molecule is O=C(O)CCCCCC(F)(F)C(F)(F)OC1(F)C(F)(F)C(F)(F)C1(F)F. The number of halogens is 11. The zero-order valence-corrected chi connectivity index (χ0v) is 12.5. The van der Waals surface area contributed by atoms with Gasteiger partial charge in [-0.05, 0) is 12.8 Å². The Bertz CT molecular complexity index is 529. The fourth-order valence-corrected chi connectivity index (χ4v) is 2.06. The normalized spacial score (nSPS) is 23.3. The summed E-state index contributed by atoms with van der Waals surface area (Å²) in [6.45, 7) is 0. The molecular formula is C12H11F11O3. The number of carbonyl (C=O) groups is 1. The Kier molecular flexibility index (Phi) is 5.56. The first kappa shape index (κ1) is 22.7. The fourth-order valence-electron chi connectivity index (χ4n) is 2.06. The van der Waals surface area contributed by atoms with E-state index in [4.69, 9.17) is 5.11 Å². The van der Waals surface area contributed by atoms with Crippen molar-refractivity contribution in [2.45, 2.75) is 67.8 Å². The number of aliphatic carboxylic acids is 1. The monoisotopic (exact) mass is 412 g/mol. The average molecular weight is 412 g/mol. The van der Waals surface area contributed by atoms with Gasteiger partial charge in [0.25, 0.3) is 0 Å². The highest BCUT2D eigenvalue weighted by Crippen LogP contribution is 2.70. The summed E-state index contributed by atoms with van der Waals surface area (Å²) >= 11 is 0. The maximum absolute atomic E-state index is 13.4. The Morgan fingerprint density at radius 2 is 1.27 bits per heavy atom. The predicted molar refractivity (Wildman–Crippen MR) is 60.4 cm³/mol. The van der Waals surface area contributed by atoms with Gasteiger partial charge in [-0.15, -0.1) is 0 Å². The second-order valence-corrected chi connectivity index (χ2v) is 5.60. The first-order valence-electron chi connectivity index (χ1n) is 6.87. The molecule has 1 N–H and O–H groups in total. The number of carboxylic acid groups (broad SMARTS) is 1. The number of hydrogen-bond donors (Lipinski definition) is 1. The van der Waals surface area contributed by atoms with E-state index in [0.717, 1.165) is 0 Å². The van der Waals surface area contributed by atoms with Gasteiger partial charge in [-0.3, -0.25) is 9.53 Å². The first-order valence-corrected chi connectivity index (χ1v) is 6.87. The second kappa shape index (κ2) is 6.37. The summed E-state index contributed by atoms with van der Waals surface area (Å²) in [5.41, 5.74) is 0. The van der Waals surface area contributed by atoms with Crippen LogP contribution in [0.25, 0.3) is 0 Å². The molecule has 0 spiro atoms. The molecule has 0 radical (unpaired) electrons. The molecular weight excluding hydrogens is 401 g/mol. The van der Waals surface area contributed by atoms with Crippen LogP contribution in [0.5, 0.6) is 0 Å². The molecule has 1 aliphatic carbocycles. The minimum Gasteiger partial charge on any atom is -0.481 e. The van der Waals surface area contributed by atoms with Crippen molar-refractivity contribution in [3.05, 3.63) is 0 Å². The molecule has 1 aliphatic rings. The van der Waals surface area contributed by atoms with Crippen molar-refractivity contribution >= 4 is 5.97 Å². The molecule has 0 atom stereocenters. The molecule has 3 nitrogen and oxygen atoms in total. The number of rotatable bonds is 9. The molecule has 1 rings (SSSR count). The molecule has 0 unspecified atom stereocenters. The first-order chi connectivity index (χ1) is 11.4. The number of ether oxygens (including phenoxy) is 1. The third-order valence-corrected chi connectivity index (χ3v) is 3.67. The van der Waals surface area contributed by atoms with E-state index >= 15 is 0 Å². The Morgan fingerprint density at radius 3 is 1.69 bits per heavy atom. The molecule has 0 heterocycles. The number of unbranched alkanes of at least 4 members (excludes halogenated alkanes) is 2. The molecule has 0 aromatic carbocycles. The largest absolute Gasteiger partial charge is 0.481 e. The van der Waals surface area contributed by atoms with Gasteiger partial charge in [0, 0.05) is 12.8 Å². The third-order valence-electron chi connectivity index (χ3n) is 3.67. The summed E-state index contributed by atoms with van der Waals surface area (Å²) in [6, 6.07) is 0. The summed E-state index contributed by atoms with van der Waals surface area (Å²) in [5, 5.41) is 8.27. The summed E-state index contributed by atoms with van der Waals surface area (Å²) in [7, 11) is 0. The highest BCUT2D eigenvalue weighted by Gasteiger charge is 3.03. The van der Waals surface area contributed by atoms with E-state index in [9.17, 15) is 53.1 Å². The van der Waals surface area contributed by atoms with Crippen LogP contribution >= 0.6 is 0 Å². The molecule has 0 bridgehead atoms. The molecule has 0 amide bonds. The van der Waals surface area contributed by atoms with E-state index in [1.165, 1.54) is 0 Å². The van der Waals surface area contributed by atoms with Crippen molar-refractivity contribution in [3.8, 4) is 0 Å². The van der Waals surface area contributed by atoms with Crippen molar-refractivity contribution in [1.82, 2.24) is 0 Å². The standard InChI is InChI=1S/C12H11F11O3/c13-7(14,5-3-1-2-4-6(24)25)12(22,23)26-11(21)9(17,18)8(15,16)10(11,19)20/h1-5H2,(H,24,25). The lowest BCUT2D eigenvalue weighted by Crippen LogP contribution is -2.86. The van der Waals surface area contributed by atoms with Crippen molar-refractivity contribution in [2.24, 2.45) is 0 Å². The Morgan fingerprint density at radius 1 is 0.808 bits per heavy atom. The molecule has 14 heteroatoms. The predicted octanol–water partition coefficient (Wildman–Crippen LogP) is 4.85. The van der Waals surface area contributed by atoms with Crippen LogP contribution < -0.4 is 0 Å². The van der Waals surface area contributed by atoms with Crippen molar-refractivity contribution in [2.75, 3.05) is 0 Å². The van der Waals surface area contributed by atoms with Gasteiger partial charge in [-0.25, -0.2) is 0 Å². The van der Waals surface area contributed by atoms with Crippen molar-refractivity contribution < 1.29 is 62.9 Å². The molecule has 154 valence electrons. The van der Waals surface area contributed by atoms with Crippen molar-refractivity contribution in [1.29, 1.82) is 0 Å². The molecule has 26 heavy (non-hydrogen) atoms. The van der Waals surface area contributed by atoms with E-state index in [2.05, 4.69) is 4.74 Å². The smallest absolute Gasteiger partial charge is 0.422 e. The maximum Gasteiger partial charge on any atom is 0.422 e. The summed E-state index contributed by atoms with van der Waals surface area (Å²) in [4.78, 5) is 10.2. The number of hydrogen-bond acceptors (Lipinski definition) is 2. The van der Waals surface area contributed by atoms with Crippen LogP contribution in [-0.4, -0.2) is 46.7 Å². The van der Waals surface area contributed by atoms with E-state index in [1.54, 1.807) is 0 Å². The Hall–Kier alpha value is -1.34. The lowest BCUT2D eigenvalue weighted by Gasteiger charge is -2.53. The Labute approximate surface area is 138 Å². The van der Waals surface area contributed by atoms with Crippen LogP contribution in [0.2, 0.25) is 0 Å². The average Bonchev–Trinajstić information content (AvgIpc) is 2.44. The summed E-state index contributed by atoms with van der Waals surface area (Å²) in [5.74, 6) is -32.5. The maximum atomic E-state index is 13.4. The van der Waals surface area contributed by atoms with Gasteiger partial charge in [-0.2, -0.15) is 48.3 Å². The quantitative estimate of drug-likeness (QED) is 0.435. The molecule has 0 aromatic rings. The molecule has 1 saturated carbocycles. The van der Waals surface area contributed by atoms with Gasteiger partial charge in [0.2, 0.25) is 0 Å².